The monoisotopic (exact) mass is 328 g/mol. The molecule has 1 aromatic carbocycles. The predicted molar refractivity (Wildman–Crippen MR) is 79.7 cm³/mol. The molecular weight excluding hydrogens is 308 g/mol. The number of rotatable bonds is 5. The molecule has 2 N–H and O–H groups in total. The average Bonchev–Trinajstić information content (AvgIpc) is 2.79. The molecule has 5 heteroatoms. The van der Waals surface area contributed by atoms with E-state index in [4.69, 9.17) is 4.74 Å². The third-order valence-electron chi connectivity index (χ3n) is 3.56. The van der Waals surface area contributed by atoms with Gasteiger partial charge in [-0.15, -0.1) is 0 Å². The molecule has 0 bridgehead atoms. The first-order valence-corrected chi connectivity index (χ1v) is 7.34. The Morgan fingerprint density at radius 1 is 1.53 bits per heavy atom. The van der Waals surface area contributed by atoms with Gasteiger partial charge >= 0.3 is 0 Å². The molecule has 106 valence electrons. The van der Waals surface area contributed by atoms with Crippen LogP contribution >= 0.6 is 15.9 Å². The Hall–Kier alpha value is -0.780. The van der Waals surface area contributed by atoms with E-state index in [0.717, 1.165) is 24.6 Å². The Kier molecular flexibility index (Phi) is 5.07. The molecule has 0 aliphatic carbocycles. The largest absolute Gasteiger partial charge is 0.503 e. The van der Waals surface area contributed by atoms with Gasteiger partial charge in [0.15, 0.2) is 11.5 Å². The second kappa shape index (κ2) is 6.59. The molecule has 0 spiro atoms. The Balaban J connectivity index is 1.87. The molecule has 1 atom stereocenters. The lowest BCUT2D eigenvalue weighted by Gasteiger charge is -2.13. The first-order chi connectivity index (χ1) is 9.10. The number of halogens is 1. The van der Waals surface area contributed by atoms with Gasteiger partial charge in [-0.05, 0) is 66.1 Å². The zero-order valence-electron chi connectivity index (χ0n) is 11.4. The SMILES string of the molecule is COc1cc(CNCC2CCN(C)C2)cc(Br)c1O. The first kappa shape index (κ1) is 14.6. The van der Waals surface area contributed by atoms with Crippen molar-refractivity contribution in [2.45, 2.75) is 13.0 Å². The molecule has 1 unspecified atom stereocenters. The van der Waals surface area contributed by atoms with Crippen LogP contribution in [0.25, 0.3) is 0 Å². The second-order valence-corrected chi connectivity index (χ2v) is 6.03. The van der Waals surface area contributed by atoms with E-state index in [1.54, 1.807) is 7.11 Å². The number of likely N-dealkylation sites (tertiary alicyclic amines) is 1. The van der Waals surface area contributed by atoms with E-state index in [1.807, 2.05) is 12.1 Å². The van der Waals surface area contributed by atoms with Crippen molar-refractivity contribution in [2.75, 3.05) is 33.8 Å². The number of hydrogen-bond donors (Lipinski definition) is 2. The van der Waals surface area contributed by atoms with Crippen LogP contribution in [0.1, 0.15) is 12.0 Å². The summed E-state index contributed by atoms with van der Waals surface area (Å²) >= 11 is 3.34. The number of benzene rings is 1. The standard InChI is InChI=1S/C14H21BrN2O2/c1-17-4-3-10(9-17)7-16-8-11-5-12(15)14(18)13(6-11)19-2/h5-6,10,16,18H,3-4,7-9H2,1-2H3. The van der Waals surface area contributed by atoms with E-state index in [-0.39, 0.29) is 5.75 Å². The maximum Gasteiger partial charge on any atom is 0.172 e. The summed E-state index contributed by atoms with van der Waals surface area (Å²) in [6.45, 7) is 4.20. The normalized spacial score (nSPS) is 19.8. The van der Waals surface area contributed by atoms with Crippen LogP contribution in [-0.2, 0) is 6.54 Å². The number of methoxy groups -OCH3 is 1. The van der Waals surface area contributed by atoms with E-state index < -0.39 is 0 Å². The van der Waals surface area contributed by atoms with Gasteiger partial charge in [0.05, 0.1) is 11.6 Å². The smallest absolute Gasteiger partial charge is 0.172 e. The maximum atomic E-state index is 9.75. The van der Waals surface area contributed by atoms with Crippen molar-refractivity contribution in [3.8, 4) is 11.5 Å². The number of nitrogens with one attached hydrogen (secondary N) is 1. The van der Waals surface area contributed by atoms with E-state index >= 15 is 0 Å². The van der Waals surface area contributed by atoms with Crippen LogP contribution in [-0.4, -0.2) is 43.8 Å². The van der Waals surface area contributed by atoms with Crippen molar-refractivity contribution in [3.05, 3.63) is 22.2 Å². The summed E-state index contributed by atoms with van der Waals surface area (Å²) in [5, 5.41) is 13.2. The predicted octanol–water partition coefficient (Wildman–Crippen LogP) is 2.20. The van der Waals surface area contributed by atoms with E-state index in [0.29, 0.717) is 10.2 Å². The third kappa shape index (κ3) is 3.84. The summed E-state index contributed by atoms with van der Waals surface area (Å²) in [6, 6.07) is 3.79. The van der Waals surface area contributed by atoms with Gasteiger partial charge in [-0.1, -0.05) is 0 Å². The Morgan fingerprint density at radius 3 is 2.95 bits per heavy atom. The van der Waals surface area contributed by atoms with Crippen molar-refractivity contribution in [2.24, 2.45) is 5.92 Å². The molecule has 0 amide bonds. The molecule has 0 radical (unpaired) electrons. The van der Waals surface area contributed by atoms with Crippen LogP contribution in [0.5, 0.6) is 11.5 Å². The Morgan fingerprint density at radius 2 is 2.32 bits per heavy atom. The average molecular weight is 329 g/mol. The van der Waals surface area contributed by atoms with Crippen LogP contribution in [0.15, 0.2) is 16.6 Å². The van der Waals surface area contributed by atoms with Gasteiger partial charge in [0.1, 0.15) is 0 Å². The van der Waals surface area contributed by atoms with Gasteiger partial charge in [-0.25, -0.2) is 0 Å². The third-order valence-corrected chi connectivity index (χ3v) is 4.16. The zero-order valence-corrected chi connectivity index (χ0v) is 13.0. The first-order valence-electron chi connectivity index (χ1n) is 6.54. The molecule has 19 heavy (non-hydrogen) atoms. The number of aromatic hydroxyl groups is 1. The number of phenols is 1. The Labute approximate surface area is 122 Å². The lowest BCUT2D eigenvalue weighted by atomic mass is 10.1. The van der Waals surface area contributed by atoms with Gasteiger partial charge < -0.3 is 20.1 Å². The second-order valence-electron chi connectivity index (χ2n) is 5.18. The van der Waals surface area contributed by atoms with E-state index in [9.17, 15) is 5.11 Å². The molecule has 0 saturated carbocycles. The minimum Gasteiger partial charge on any atom is -0.503 e. The van der Waals surface area contributed by atoms with Gasteiger partial charge in [-0.3, -0.25) is 0 Å². The highest BCUT2D eigenvalue weighted by Crippen LogP contribution is 2.35. The summed E-state index contributed by atoms with van der Waals surface area (Å²) in [6.07, 6.45) is 1.27. The van der Waals surface area contributed by atoms with Crippen molar-refractivity contribution in [1.82, 2.24) is 10.2 Å². The van der Waals surface area contributed by atoms with Gasteiger partial charge in [-0.2, -0.15) is 0 Å². The lowest BCUT2D eigenvalue weighted by Crippen LogP contribution is -2.24. The Bertz CT molecular complexity index is 440. The fourth-order valence-electron chi connectivity index (χ4n) is 2.50. The lowest BCUT2D eigenvalue weighted by molar-refractivity contribution is 0.370. The van der Waals surface area contributed by atoms with Crippen molar-refractivity contribution in [1.29, 1.82) is 0 Å². The molecule has 2 rings (SSSR count). The topological polar surface area (TPSA) is 44.7 Å². The molecule has 1 fully saturated rings. The highest BCUT2D eigenvalue weighted by atomic mass is 79.9. The minimum atomic E-state index is 0.156. The molecule has 1 aliphatic heterocycles. The highest BCUT2D eigenvalue weighted by molar-refractivity contribution is 9.10. The fourth-order valence-corrected chi connectivity index (χ4v) is 2.99. The molecular formula is C14H21BrN2O2. The molecule has 1 aliphatic rings. The van der Waals surface area contributed by atoms with Gasteiger partial charge in [0.25, 0.3) is 0 Å². The van der Waals surface area contributed by atoms with Crippen LogP contribution in [0.3, 0.4) is 0 Å². The number of phenolic OH excluding ortho intramolecular Hbond substituents is 1. The van der Waals surface area contributed by atoms with Gasteiger partial charge in [0, 0.05) is 13.1 Å². The fraction of sp³-hybridized carbons (Fsp3) is 0.571. The molecule has 4 nitrogen and oxygen atoms in total. The molecule has 1 heterocycles. The van der Waals surface area contributed by atoms with Crippen LogP contribution in [0.2, 0.25) is 0 Å². The summed E-state index contributed by atoms with van der Waals surface area (Å²) in [4.78, 5) is 2.37. The van der Waals surface area contributed by atoms with Crippen LogP contribution in [0, 0.1) is 5.92 Å². The van der Waals surface area contributed by atoms with Crippen molar-refractivity contribution in [3.63, 3.8) is 0 Å². The van der Waals surface area contributed by atoms with Crippen LogP contribution in [0.4, 0.5) is 0 Å². The number of hydrogen-bond acceptors (Lipinski definition) is 4. The number of ether oxygens (including phenoxy) is 1. The van der Waals surface area contributed by atoms with Gasteiger partial charge in [0.2, 0.25) is 0 Å². The molecule has 1 saturated heterocycles. The highest BCUT2D eigenvalue weighted by Gasteiger charge is 2.18. The minimum absolute atomic E-state index is 0.156. The van der Waals surface area contributed by atoms with Crippen molar-refractivity contribution >= 4 is 15.9 Å². The zero-order chi connectivity index (χ0) is 13.8. The van der Waals surface area contributed by atoms with Crippen molar-refractivity contribution < 1.29 is 9.84 Å². The van der Waals surface area contributed by atoms with Crippen LogP contribution < -0.4 is 10.1 Å². The number of nitrogens with zero attached hydrogens (tertiary/aromatic N) is 1. The quantitative estimate of drug-likeness (QED) is 0.869. The van der Waals surface area contributed by atoms with E-state index in [2.05, 4.69) is 33.2 Å². The summed E-state index contributed by atoms with van der Waals surface area (Å²) in [5.74, 6) is 1.41. The summed E-state index contributed by atoms with van der Waals surface area (Å²) in [5.41, 5.74) is 1.10. The summed E-state index contributed by atoms with van der Waals surface area (Å²) in [7, 11) is 3.73. The maximum absolute atomic E-state index is 9.75. The van der Waals surface area contributed by atoms with E-state index in [1.165, 1.54) is 19.5 Å². The molecule has 1 aromatic rings. The molecule has 0 aromatic heterocycles. The summed E-state index contributed by atoms with van der Waals surface area (Å²) < 4.78 is 5.82.